The van der Waals surface area contributed by atoms with Crippen molar-refractivity contribution in [2.24, 2.45) is 5.10 Å². The lowest BCUT2D eigenvalue weighted by molar-refractivity contribution is 0.0952. The number of carbonyl (C=O) groups is 1. The van der Waals surface area contributed by atoms with Gasteiger partial charge in [-0.05, 0) is 72.6 Å². The first-order valence-electron chi connectivity index (χ1n) is 8.55. The molecule has 0 saturated heterocycles. The first kappa shape index (κ1) is 20.4. The van der Waals surface area contributed by atoms with E-state index in [-0.39, 0.29) is 11.3 Å². The van der Waals surface area contributed by atoms with Crippen molar-refractivity contribution in [2.75, 3.05) is 0 Å². The molecule has 0 aliphatic rings. The second-order valence-corrected chi connectivity index (χ2v) is 8.25. The molecule has 0 radical (unpaired) electrons. The number of hydrogen-bond donors (Lipinski definition) is 2. The van der Waals surface area contributed by atoms with Crippen LogP contribution >= 0.6 is 31.9 Å². The SMILES string of the molecule is Cc1cccc(-n2c(C)cc(/C=N\NC(=O)c3cc(Br)cc(Br)c3O)c2C)c1. The van der Waals surface area contributed by atoms with Crippen molar-refractivity contribution < 1.29 is 9.90 Å². The largest absolute Gasteiger partial charge is 0.506 e. The van der Waals surface area contributed by atoms with Crippen molar-refractivity contribution in [1.82, 2.24) is 9.99 Å². The molecule has 0 aliphatic carbocycles. The maximum absolute atomic E-state index is 12.3. The maximum atomic E-state index is 12.3. The number of nitrogens with one attached hydrogen (secondary N) is 1. The highest BCUT2D eigenvalue weighted by molar-refractivity contribution is 9.11. The van der Waals surface area contributed by atoms with Gasteiger partial charge < -0.3 is 9.67 Å². The smallest absolute Gasteiger partial charge is 0.275 e. The van der Waals surface area contributed by atoms with Crippen LogP contribution in [0.1, 0.15) is 32.9 Å². The van der Waals surface area contributed by atoms with Crippen LogP contribution in [0.4, 0.5) is 0 Å². The predicted molar refractivity (Wildman–Crippen MR) is 119 cm³/mol. The molecule has 0 fully saturated rings. The number of halogens is 2. The van der Waals surface area contributed by atoms with Crippen LogP contribution in [0, 0.1) is 20.8 Å². The molecule has 0 spiro atoms. The van der Waals surface area contributed by atoms with Crippen molar-refractivity contribution in [3.8, 4) is 11.4 Å². The van der Waals surface area contributed by atoms with Gasteiger partial charge in [-0.25, -0.2) is 5.43 Å². The van der Waals surface area contributed by atoms with Crippen LogP contribution in [0.2, 0.25) is 0 Å². The third-order valence-electron chi connectivity index (χ3n) is 4.37. The molecule has 0 aliphatic heterocycles. The molecule has 28 heavy (non-hydrogen) atoms. The number of aromatic hydroxyl groups is 1. The van der Waals surface area contributed by atoms with E-state index in [2.05, 4.69) is 72.1 Å². The van der Waals surface area contributed by atoms with Gasteiger partial charge in [-0.2, -0.15) is 5.10 Å². The summed E-state index contributed by atoms with van der Waals surface area (Å²) >= 11 is 6.52. The van der Waals surface area contributed by atoms with Crippen LogP contribution < -0.4 is 5.43 Å². The second kappa shape index (κ2) is 8.32. The number of aromatic nitrogens is 1. The summed E-state index contributed by atoms with van der Waals surface area (Å²) in [6.07, 6.45) is 1.61. The Morgan fingerprint density at radius 3 is 2.61 bits per heavy atom. The van der Waals surface area contributed by atoms with Gasteiger partial charge in [0.05, 0.1) is 16.3 Å². The van der Waals surface area contributed by atoms with Crippen molar-refractivity contribution >= 4 is 44.0 Å². The third kappa shape index (κ3) is 4.20. The van der Waals surface area contributed by atoms with Crippen LogP contribution in [0.3, 0.4) is 0 Å². The highest BCUT2D eigenvalue weighted by atomic mass is 79.9. The minimum absolute atomic E-state index is 0.128. The number of carbonyl (C=O) groups excluding carboxylic acids is 1. The zero-order valence-electron chi connectivity index (χ0n) is 15.6. The molecule has 1 heterocycles. The Kier molecular flexibility index (Phi) is 6.05. The molecular formula is C21H19Br2N3O2. The van der Waals surface area contributed by atoms with E-state index in [1.165, 1.54) is 11.6 Å². The lowest BCUT2D eigenvalue weighted by atomic mass is 10.2. The van der Waals surface area contributed by atoms with E-state index >= 15 is 0 Å². The second-order valence-electron chi connectivity index (χ2n) is 6.48. The van der Waals surface area contributed by atoms with Gasteiger partial charge in [-0.3, -0.25) is 4.79 Å². The number of hydrogen-bond acceptors (Lipinski definition) is 3. The normalized spacial score (nSPS) is 11.2. The van der Waals surface area contributed by atoms with Crippen molar-refractivity contribution in [3.63, 3.8) is 0 Å². The Bertz CT molecular complexity index is 1090. The summed E-state index contributed by atoms with van der Waals surface area (Å²) in [5.41, 5.74) is 7.87. The molecule has 0 unspecified atom stereocenters. The Morgan fingerprint density at radius 1 is 1.14 bits per heavy atom. The van der Waals surface area contributed by atoms with Crippen molar-refractivity contribution in [3.05, 3.63) is 79.5 Å². The number of nitrogens with zero attached hydrogens (tertiary/aromatic N) is 2. The molecule has 3 aromatic rings. The van der Waals surface area contributed by atoms with Crippen LogP contribution in [0.25, 0.3) is 5.69 Å². The summed E-state index contributed by atoms with van der Waals surface area (Å²) in [5.74, 6) is -0.628. The number of rotatable bonds is 4. The number of hydrazone groups is 1. The summed E-state index contributed by atoms with van der Waals surface area (Å²) in [5, 5.41) is 14.1. The quantitative estimate of drug-likeness (QED) is 0.369. The van der Waals surface area contributed by atoms with Gasteiger partial charge in [0.2, 0.25) is 0 Å². The first-order valence-corrected chi connectivity index (χ1v) is 10.1. The van der Waals surface area contributed by atoms with Gasteiger partial charge in [0.1, 0.15) is 5.75 Å². The lowest BCUT2D eigenvalue weighted by Gasteiger charge is -2.10. The summed E-state index contributed by atoms with van der Waals surface area (Å²) in [6, 6.07) is 13.5. The Morgan fingerprint density at radius 2 is 1.89 bits per heavy atom. The number of phenols is 1. The van der Waals surface area contributed by atoms with E-state index in [9.17, 15) is 9.90 Å². The summed E-state index contributed by atoms with van der Waals surface area (Å²) in [7, 11) is 0. The molecule has 3 rings (SSSR count). The maximum Gasteiger partial charge on any atom is 0.275 e. The van der Waals surface area contributed by atoms with Crippen molar-refractivity contribution in [2.45, 2.75) is 20.8 Å². The highest BCUT2D eigenvalue weighted by Crippen LogP contribution is 2.31. The summed E-state index contributed by atoms with van der Waals surface area (Å²) in [6.45, 7) is 6.10. The summed E-state index contributed by atoms with van der Waals surface area (Å²) < 4.78 is 3.25. The predicted octanol–water partition coefficient (Wildman–Crippen LogP) is 5.40. The fourth-order valence-electron chi connectivity index (χ4n) is 3.04. The molecule has 0 saturated carbocycles. The van der Waals surface area contributed by atoms with Gasteiger partial charge in [0.15, 0.2) is 0 Å². The molecule has 5 nitrogen and oxygen atoms in total. The average Bonchev–Trinajstić information content (AvgIpc) is 2.91. The van der Waals surface area contributed by atoms with Gasteiger partial charge in [-0.1, -0.05) is 28.1 Å². The van der Waals surface area contributed by atoms with Crippen LogP contribution in [-0.2, 0) is 0 Å². The Balaban J connectivity index is 1.82. The van der Waals surface area contributed by atoms with Crippen LogP contribution in [-0.4, -0.2) is 21.8 Å². The minimum atomic E-state index is -0.497. The topological polar surface area (TPSA) is 66.6 Å². The van der Waals surface area contributed by atoms with Crippen LogP contribution in [0.15, 0.2) is 56.5 Å². The van der Waals surface area contributed by atoms with E-state index in [0.29, 0.717) is 8.95 Å². The molecule has 0 atom stereocenters. The average molecular weight is 505 g/mol. The van der Waals surface area contributed by atoms with E-state index in [4.69, 9.17) is 0 Å². The molecule has 144 valence electrons. The fourth-order valence-corrected chi connectivity index (χ4v) is 4.27. The minimum Gasteiger partial charge on any atom is -0.506 e. The zero-order valence-corrected chi connectivity index (χ0v) is 18.8. The lowest BCUT2D eigenvalue weighted by Crippen LogP contribution is -2.18. The number of phenolic OH excluding ortho intramolecular Hbond substituents is 1. The molecule has 1 aromatic heterocycles. The van der Waals surface area contributed by atoms with Gasteiger partial charge >= 0.3 is 0 Å². The van der Waals surface area contributed by atoms with Gasteiger partial charge in [0.25, 0.3) is 5.91 Å². The fraction of sp³-hybridized carbons (Fsp3) is 0.143. The van der Waals surface area contributed by atoms with Gasteiger partial charge in [0, 0.05) is 27.1 Å². The third-order valence-corrected chi connectivity index (χ3v) is 5.43. The van der Waals surface area contributed by atoms with Gasteiger partial charge in [-0.15, -0.1) is 0 Å². The molecule has 0 bridgehead atoms. The molecule has 7 heteroatoms. The van der Waals surface area contributed by atoms with Crippen LogP contribution in [0.5, 0.6) is 5.75 Å². The monoisotopic (exact) mass is 503 g/mol. The number of benzene rings is 2. The number of aryl methyl sites for hydroxylation is 2. The highest BCUT2D eigenvalue weighted by Gasteiger charge is 2.15. The molecular weight excluding hydrogens is 486 g/mol. The summed E-state index contributed by atoms with van der Waals surface area (Å²) in [4.78, 5) is 12.3. The first-order chi connectivity index (χ1) is 13.3. The molecule has 2 N–H and O–H groups in total. The van der Waals surface area contributed by atoms with E-state index in [0.717, 1.165) is 22.6 Å². The van der Waals surface area contributed by atoms with E-state index < -0.39 is 5.91 Å². The standard InChI is InChI=1S/C21H19Br2N3O2/c1-12-5-4-6-17(7-12)26-13(2)8-15(14(26)3)11-24-25-21(28)18-9-16(22)10-19(23)20(18)27/h4-11,27H,1-3H3,(H,25,28)/b24-11-. The number of amides is 1. The van der Waals surface area contributed by atoms with Crippen molar-refractivity contribution in [1.29, 1.82) is 0 Å². The van der Waals surface area contributed by atoms with E-state index in [1.54, 1.807) is 12.3 Å². The van der Waals surface area contributed by atoms with E-state index in [1.807, 2.05) is 26.0 Å². The Labute approximate surface area is 180 Å². The Hall–Kier alpha value is -2.38. The molecule has 1 amide bonds. The zero-order chi connectivity index (χ0) is 20.4. The molecule has 2 aromatic carbocycles.